The highest BCUT2D eigenvalue weighted by Gasteiger charge is 2.25. The minimum absolute atomic E-state index is 0.0933. The molecule has 5 N–H and O–H groups in total. The summed E-state index contributed by atoms with van der Waals surface area (Å²) in [5.41, 5.74) is 12.3. The molecule has 8 aromatic carbocycles. The highest BCUT2D eigenvalue weighted by atomic mass is 16.2. The van der Waals surface area contributed by atoms with Crippen LogP contribution in [0, 0.1) is 0 Å². The fourth-order valence-electron chi connectivity index (χ4n) is 7.70. The Bertz CT molecular complexity index is 3300. The van der Waals surface area contributed by atoms with Crippen LogP contribution in [0.3, 0.4) is 0 Å². The van der Waals surface area contributed by atoms with Gasteiger partial charge in [-0.2, -0.15) is 0 Å². The molecule has 0 spiro atoms. The number of hydrogen-bond donors (Lipinski definition) is 3. The zero-order valence-corrected chi connectivity index (χ0v) is 26.5. The smallest absolute Gasteiger partial charge is 0.249 e. The summed E-state index contributed by atoms with van der Waals surface area (Å²) in [6.45, 7) is 0. The predicted octanol–water partition coefficient (Wildman–Crippen LogP) is 5.78. The van der Waals surface area contributed by atoms with Crippen LogP contribution in [-0.2, 0) is 0 Å². The van der Waals surface area contributed by atoms with Crippen LogP contribution in [0.1, 0.15) is 20.7 Å². The normalized spacial score (nSPS) is 11.8. The lowest BCUT2D eigenvalue weighted by atomic mass is 9.89. The van der Waals surface area contributed by atoms with Gasteiger partial charge in [-0.3, -0.25) is 28.8 Å². The van der Waals surface area contributed by atoms with Crippen LogP contribution in [-0.4, -0.2) is 16.8 Å². The Hall–Kier alpha value is -7.26. The van der Waals surface area contributed by atoms with E-state index in [0.717, 1.165) is 0 Å². The number of aromatic nitrogens is 1. The van der Waals surface area contributed by atoms with E-state index in [4.69, 9.17) is 11.5 Å². The van der Waals surface area contributed by atoms with Crippen molar-refractivity contribution in [2.24, 2.45) is 11.5 Å². The van der Waals surface area contributed by atoms with Gasteiger partial charge in [-0.05, 0) is 46.5 Å². The molecule has 0 aliphatic heterocycles. The lowest BCUT2D eigenvalue weighted by Gasteiger charge is -2.12. The third-order valence-corrected chi connectivity index (χ3v) is 9.92. The summed E-state index contributed by atoms with van der Waals surface area (Å²) in [4.78, 5) is 85.7. The van der Waals surface area contributed by atoms with Gasteiger partial charge in [-0.1, -0.05) is 84.9 Å². The SMILES string of the molecule is NC(=O)c1ccccc1-c1cccc2c(=O)c3c(ccc4c5cc(-c6ccccc6C(N)=O)c6c(=O)c7ccccc7c(=O)c6c5[nH]c43)c(=O)c12. The van der Waals surface area contributed by atoms with Gasteiger partial charge in [0.15, 0.2) is 21.7 Å². The van der Waals surface area contributed by atoms with Crippen LogP contribution in [0.5, 0.6) is 0 Å². The Morgan fingerprint density at radius 2 is 0.843 bits per heavy atom. The Morgan fingerprint density at radius 3 is 1.49 bits per heavy atom. The van der Waals surface area contributed by atoms with Crippen LogP contribution in [0.25, 0.3) is 87.1 Å². The van der Waals surface area contributed by atoms with Crippen molar-refractivity contribution in [3.05, 3.63) is 161 Å². The summed E-state index contributed by atoms with van der Waals surface area (Å²) in [5.74, 6) is -1.38. The van der Waals surface area contributed by atoms with Crippen molar-refractivity contribution in [3.8, 4) is 22.3 Å². The van der Waals surface area contributed by atoms with E-state index in [1.165, 1.54) is 0 Å². The molecule has 0 aliphatic rings. The number of benzene rings is 8. The number of amides is 2. The van der Waals surface area contributed by atoms with Crippen molar-refractivity contribution < 1.29 is 9.59 Å². The van der Waals surface area contributed by atoms with Gasteiger partial charge in [0.05, 0.1) is 21.8 Å². The second-order valence-corrected chi connectivity index (χ2v) is 12.5. The maximum absolute atomic E-state index is 14.5. The Balaban J connectivity index is 1.48. The van der Waals surface area contributed by atoms with Crippen molar-refractivity contribution in [1.82, 2.24) is 4.98 Å². The molecule has 0 atom stereocenters. The largest absolute Gasteiger partial charge is 0.366 e. The number of rotatable bonds is 4. The Morgan fingerprint density at radius 1 is 0.392 bits per heavy atom. The van der Waals surface area contributed by atoms with Crippen molar-refractivity contribution in [3.63, 3.8) is 0 Å². The molecular formula is C42H23N3O6. The van der Waals surface area contributed by atoms with E-state index < -0.39 is 33.5 Å². The first kappa shape index (κ1) is 29.8. The molecule has 0 fully saturated rings. The first-order chi connectivity index (χ1) is 24.7. The van der Waals surface area contributed by atoms with Crippen LogP contribution in [0.4, 0.5) is 0 Å². The second kappa shape index (κ2) is 10.6. The molecular weight excluding hydrogens is 642 g/mol. The van der Waals surface area contributed by atoms with E-state index in [0.29, 0.717) is 44.1 Å². The fourth-order valence-corrected chi connectivity index (χ4v) is 7.70. The molecule has 0 radical (unpaired) electrons. The van der Waals surface area contributed by atoms with Gasteiger partial charge in [0.25, 0.3) is 0 Å². The molecule has 9 heteroatoms. The zero-order valence-electron chi connectivity index (χ0n) is 26.5. The van der Waals surface area contributed by atoms with Gasteiger partial charge in [0, 0.05) is 54.2 Å². The summed E-state index contributed by atoms with van der Waals surface area (Å²) in [5, 5.41) is 2.24. The van der Waals surface area contributed by atoms with E-state index in [1.807, 2.05) is 0 Å². The van der Waals surface area contributed by atoms with E-state index >= 15 is 0 Å². The third kappa shape index (κ3) is 4.03. The number of aromatic amines is 1. The number of primary amides is 2. The number of H-pyrrole nitrogens is 1. The van der Waals surface area contributed by atoms with Crippen molar-refractivity contribution in [2.75, 3.05) is 0 Å². The van der Waals surface area contributed by atoms with E-state index in [-0.39, 0.29) is 54.2 Å². The molecule has 242 valence electrons. The van der Waals surface area contributed by atoms with E-state index in [2.05, 4.69) is 4.98 Å². The summed E-state index contributed by atoms with van der Waals surface area (Å²) >= 11 is 0. The first-order valence-corrected chi connectivity index (χ1v) is 16.0. The second-order valence-electron chi connectivity index (χ2n) is 12.5. The highest BCUT2D eigenvalue weighted by Crippen LogP contribution is 2.39. The molecule has 0 aliphatic carbocycles. The minimum atomic E-state index is -0.706. The van der Waals surface area contributed by atoms with Gasteiger partial charge >= 0.3 is 0 Å². The number of nitrogens with two attached hydrogens (primary N) is 2. The molecule has 0 saturated carbocycles. The number of fused-ring (bicyclic) bond motifs is 9. The Kier molecular flexibility index (Phi) is 6.21. The predicted molar refractivity (Wildman–Crippen MR) is 201 cm³/mol. The number of carbonyl (C=O) groups excluding carboxylic acids is 2. The lowest BCUT2D eigenvalue weighted by molar-refractivity contribution is 0.0992. The monoisotopic (exact) mass is 665 g/mol. The van der Waals surface area contributed by atoms with Crippen LogP contribution < -0.4 is 33.2 Å². The highest BCUT2D eigenvalue weighted by molar-refractivity contribution is 6.27. The van der Waals surface area contributed by atoms with E-state index in [1.54, 1.807) is 109 Å². The first-order valence-electron chi connectivity index (χ1n) is 16.0. The average molecular weight is 666 g/mol. The zero-order chi connectivity index (χ0) is 35.3. The molecule has 1 heterocycles. The van der Waals surface area contributed by atoms with Crippen molar-refractivity contribution in [1.29, 1.82) is 0 Å². The van der Waals surface area contributed by atoms with E-state index in [9.17, 15) is 28.8 Å². The minimum Gasteiger partial charge on any atom is -0.366 e. The third-order valence-electron chi connectivity index (χ3n) is 9.92. The maximum Gasteiger partial charge on any atom is 0.249 e. The molecule has 1 aromatic heterocycles. The molecule has 0 saturated heterocycles. The number of hydrogen-bond acceptors (Lipinski definition) is 6. The number of nitrogens with one attached hydrogen (secondary N) is 1. The van der Waals surface area contributed by atoms with Gasteiger partial charge in [0.1, 0.15) is 0 Å². The van der Waals surface area contributed by atoms with Crippen LogP contribution >= 0.6 is 0 Å². The topological polar surface area (TPSA) is 170 Å². The Labute approximate surface area is 285 Å². The molecule has 9 rings (SSSR count). The van der Waals surface area contributed by atoms with Crippen molar-refractivity contribution >= 4 is 76.7 Å². The molecule has 51 heavy (non-hydrogen) atoms. The van der Waals surface area contributed by atoms with Gasteiger partial charge in [0.2, 0.25) is 11.8 Å². The summed E-state index contributed by atoms with van der Waals surface area (Å²) in [6.07, 6.45) is 0. The fraction of sp³-hybridized carbons (Fsp3) is 0. The summed E-state index contributed by atoms with van der Waals surface area (Å²) in [7, 11) is 0. The molecule has 2 amide bonds. The molecule has 0 unspecified atom stereocenters. The van der Waals surface area contributed by atoms with Gasteiger partial charge in [-0.15, -0.1) is 0 Å². The van der Waals surface area contributed by atoms with Crippen LogP contribution in [0.2, 0.25) is 0 Å². The van der Waals surface area contributed by atoms with Gasteiger partial charge < -0.3 is 16.5 Å². The average Bonchev–Trinajstić information content (AvgIpc) is 3.53. The molecule has 9 aromatic rings. The van der Waals surface area contributed by atoms with Crippen LogP contribution in [0.15, 0.2) is 128 Å². The molecule has 9 nitrogen and oxygen atoms in total. The van der Waals surface area contributed by atoms with Gasteiger partial charge in [-0.25, -0.2) is 0 Å². The standard InChI is InChI=1S/C42H23N3O6/c43-41(50)25-12-5-1-8-19(25)21-14-7-15-27-31(21)39(48)28-17-16-22-30-18-29(20-9-2-6-13-26(20)42(44)51)32-34(36(30)45-35(22)33(28)40(27)49)38(47)24-11-4-3-10-23(24)37(32)46/h1-18,45H,(H2,43,50)(H2,44,51). The molecule has 0 bridgehead atoms. The summed E-state index contributed by atoms with van der Waals surface area (Å²) < 4.78 is 0. The maximum atomic E-state index is 14.5. The lowest BCUT2D eigenvalue weighted by Crippen LogP contribution is -2.16. The summed E-state index contributed by atoms with van der Waals surface area (Å²) in [6, 6.07) is 29.7. The quantitative estimate of drug-likeness (QED) is 0.201. The van der Waals surface area contributed by atoms with Crippen molar-refractivity contribution in [2.45, 2.75) is 0 Å². The number of carbonyl (C=O) groups is 2.